The first-order valence-electron chi connectivity index (χ1n) is 4.04. The molecule has 0 fully saturated rings. The molecule has 1 heterocycles. The van der Waals surface area contributed by atoms with E-state index in [4.69, 9.17) is 10.5 Å². The van der Waals surface area contributed by atoms with Crippen molar-refractivity contribution in [1.82, 2.24) is 9.78 Å². The first-order chi connectivity index (χ1) is 6.77. The van der Waals surface area contributed by atoms with Crippen molar-refractivity contribution in [3.63, 3.8) is 0 Å². The molecule has 0 aliphatic rings. The number of aryl methyl sites for hydroxylation is 1. The van der Waals surface area contributed by atoms with E-state index in [2.05, 4.69) is 11.2 Å². The number of fused-ring (bicyclic) bond motifs is 1. The van der Waals surface area contributed by atoms with E-state index in [-0.39, 0.29) is 0 Å². The molecule has 0 spiro atoms. The van der Waals surface area contributed by atoms with Gasteiger partial charge in [-0.2, -0.15) is 15.6 Å². The Labute approximate surface area is 80.6 Å². The highest BCUT2D eigenvalue weighted by Gasteiger charge is 2.10. The number of hydrogen-bond donors (Lipinski definition) is 0. The van der Waals surface area contributed by atoms with Gasteiger partial charge in [0.05, 0.1) is 11.1 Å². The average molecular weight is 182 g/mol. The summed E-state index contributed by atoms with van der Waals surface area (Å²) in [6, 6.07) is 9.34. The van der Waals surface area contributed by atoms with Gasteiger partial charge in [0.25, 0.3) is 0 Å². The van der Waals surface area contributed by atoms with Crippen LogP contribution in [0.1, 0.15) is 11.3 Å². The van der Waals surface area contributed by atoms with Gasteiger partial charge in [-0.25, -0.2) is 0 Å². The maximum absolute atomic E-state index is 8.87. The fraction of sp³-hybridized carbons (Fsp3) is 0.100. The zero-order valence-corrected chi connectivity index (χ0v) is 7.52. The van der Waals surface area contributed by atoms with Crippen LogP contribution in [0, 0.1) is 22.7 Å². The van der Waals surface area contributed by atoms with Crippen molar-refractivity contribution in [3.05, 3.63) is 29.5 Å². The zero-order chi connectivity index (χ0) is 10.1. The quantitative estimate of drug-likeness (QED) is 0.617. The topological polar surface area (TPSA) is 65.4 Å². The summed E-state index contributed by atoms with van der Waals surface area (Å²) in [6.45, 7) is 0. The molecule has 0 N–H and O–H groups in total. The Morgan fingerprint density at radius 1 is 1.29 bits per heavy atom. The van der Waals surface area contributed by atoms with Gasteiger partial charge < -0.3 is 0 Å². The zero-order valence-electron chi connectivity index (χ0n) is 7.52. The van der Waals surface area contributed by atoms with Gasteiger partial charge in [-0.3, -0.25) is 4.68 Å². The monoisotopic (exact) mass is 182 g/mol. The van der Waals surface area contributed by atoms with Crippen LogP contribution in [0.5, 0.6) is 0 Å². The largest absolute Gasteiger partial charge is 0.265 e. The SMILES string of the molecule is Cn1nc(C#N)c2cccc(C#N)c21. The molecule has 0 unspecified atom stereocenters. The summed E-state index contributed by atoms with van der Waals surface area (Å²) in [4.78, 5) is 0. The van der Waals surface area contributed by atoms with Crippen molar-refractivity contribution in [2.75, 3.05) is 0 Å². The molecule has 14 heavy (non-hydrogen) atoms. The number of aromatic nitrogens is 2. The molecule has 1 aromatic heterocycles. The Morgan fingerprint density at radius 2 is 2.07 bits per heavy atom. The van der Waals surface area contributed by atoms with E-state index in [1.54, 1.807) is 29.9 Å². The van der Waals surface area contributed by atoms with Crippen LogP contribution in [-0.2, 0) is 7.05 Å². The fourth-order valence-corrected chi connectivity index (χ4v) is 1.51. The van der Waals surface area contributed by atoms with Crippen molar-refractivity contribution >= 4 is 10.9 Å². The molecule has 2 rings (SSSR count). The predicted octanol–water partition coefficient (Wildman–Crippen LogP) is 1.32. The van der Waals surface area contributed by atoms with Crippen LogP contribution in [0.3, 0.4) is 0 Å². The Hall–Kier alpha value is -2.33. The molecule has 0 radical (unpaired) electrons. The van der Waals surface area contributed by atoms with Gasteiger partial charge in [0.1, 0.15) is 12.1 Å². The van der Waals surface area contributed by atoms with Crippen molar-refractivity contribution < 1.29 is 0 Å². The van der Waals surface area contributed by atoms with Crippen molar-refractivity contribution in [2.24, 2.45) is 7.05 Å². The minimum absolute atomic E-state index is 0.361. The molecule has 0 atom stereocenters. The smallest absolute Gasteiger partial charge is 0.170 e. The molecule has 0 saturated heterocycles. The molecule has 0 amide bonds. The number of nitriles is 2. The molecule has 0 bridgehead atoms. The van der Waals surface area contributed by atoms with E-state index in [9.17, 15) is 0 Å². The lowest BCUT2D eigenvalue weighted by Gasteiger charge is -1.94. The third-order valence-corrected chi connectivity index (χ3v) is 2.09. The lowest BCUT2D eigenvalue weighted by atomic mass is 10.1. The summed E-state index contributed by atoms with van der Waals surface area (Å²) in [6.07, 6.45) is 0. The average Bonchev–Trinajstić information content (AvgIpc) is 2.55. The van der Waals surface area contributed by atoms with E-state index >= 15 is 0 Å². The highest BCUT2D eigenvalue weighted by atomic mass is 15.3. The summed E-state index contributed by atoms with van der Waals surface area (Å²) in [5.41, 5.74) is 1.62. The molecule has 66 valence electrons. The summed E-state index contributed by atoms with van der Waals surface area (Å²) in [5, 5.41) is 22.4. The van der Waals surface area contributed by atoms with Gasteiger partial charge in [-0.15, -0.1) is 0 Å². The molecule has 0 aliphatic heterocycles. The first kappa shape index (κ1) is 8.28. The Balaban J connectivity index is 2.99. The Bertz CT molecular complexity index is 580. The van der Waals surface area contributed by atoms with Gasteiger partial charge in [0, 0.05) is 12.4 Å². The highest BCUT2D eigenvalue weighted by molar-refractivity contribution is 5.88. The summed E-state index contributed by atoms with van der Waals surface area (Å²) < 4.78 is 1.56. The standard InChI is InChI=1S/C10H6N4/c1-14-10-7(5-11)3-2-4-8(10)9(6-12)13-14/h2-4H,1H3. The van der Waals surface area contributed by atoms with Crippen molar-refractivity contribution in [3.8, 4) is 12.1 Å². The minimum Gasteiger partial charge on any atom is -0.265 e. The van der Waals surface area contributed by atoms with Gasteiger partial charge >= 0.3 is 0 Å². The second-order valence-corrected chi connectivity index (χ2v) is 2.90. The molecule has 2 aromatic rings. The molecule has 0 saturated carbocycles. The van der Waals surface area contributed by atoms with E-state index in [0.717, 1.165) is 5.39 Å². The predicted molar refractivity (Wildman–Crippen MR) is 50.1 cm³/mol. The lowest BCUT2D eigenvalue weighted by Crippen LogP contribution is -1.91. The van der Waals surface area contributed by atoms with Crippen LogP contribution >= 0.6 is 0 Å². The summed E-state index contributed by atoms with van der Waals surface area (Å²) in [7, 11) is 1.73. The lowest BCUT2D eigenvalue weighted by molar-refractivity contribution is 0.790. The van der Waals surface area contributed by atoms with E-state index < -0.39 is 0 Å². The fourth-order valence-electron chi connectivity index (χ4n) is 1.51. The molecular weight excluding hydrogens is 176 g/mol. The number of para-hydroxylation sites is 1. The van der Waals surface area contributed by atoms with Crippen molar-refractivity contribution in [1.29, 1.82) is 10.5 Å². The van der Waals surface area contributed by atoms with Crippen LogP contribution in [-0.4, -0.2) is 9.78 Å². The van der Waals surface area contributed by atoms with Crippen LogP contribution < -0.4 is 0 Å². The van der Waals surface area contributed by atoms with Crippen LogP contribution in [0.25, 0.3) is 10.9 Å². The minimum atomic E-state index is 0.361. The van der Waals surface area contributed by atoms with Crippen LogP contribution in [0.4, 0.5) is 0 Å². The van der Waals surface area contributed by atoms with Gasteiger partial charge in [0.15, 0.2) is 5.69 Å². The van der Waals surface area contributed by atoms with Gasteiger partial charge in [-0.05, 0) is 12.1 Å². The second kappa shape index (κ2) is 2.86. The number of nitrogens with zero attached hydrogens (tertiary/aromatic N) is 4. The maximum Gasteiger partial charge on any atom is 0.170 e. The van der Waals surface area contributed by atoms with Crippen molar-refractivity contribution in [2.45, 2.75) is 0 Å². The molecule has 4 nitrogen and oxygen atoms in total. The van der Waals surface area contributed by atoms with Crippen LogP contribution in [0.15, 0.2) is 18.2 Å². The summed E-state index contributed by atoms with van der Waals surface area (Å²) in [5.74, 6) is 0. The van der Waals surface area contributed by atoms with E-state index in [1.807, 2.05) is 6.07 Å². The second-order valence-electron chi connectivity index (χ2n) is 2.90. The third-order valence-electron chi connectivity index (χ3n) is 2.09. The molecular formula is C10H6N4. The maximum atomic E-state index is 8.87. The van der Waals surface area contributed by atoms with Gasteiger partial charge in [0.2, 0.25) is 0 Å². The van der Waals surface area contributed by atoms with E-state index in [1.165, 1.54) is 0 Å². The third kappa shape index (κ3) is 0.949. The molecule has 1 aromatic carbocycles. The number of hydrogen-bond acceptors (Lipinski definition) is 3. The van der Waals surface area contributed by atoms with Gasteiger partial charge in [-0.1, -0.05) is 6.07 Å². The Morgan fingerprint density at radius 3 is 2.71 bits per heavy atom. The van der Waals surface area contributed by atoms with E-state index in [0.29, 0.717) is 16.8 Å². The molecule has 4 heteroatoms. The Kier molecular flexibility index (Phi) is 1.69. The normalized spacial score (nSPS) is 9.64. The summed E-state index contributed by atoms with van der Waals surface area (Å²) >= 11 is 0. The number of benzene rings is 1. The first-order valence-corrected chi connectivity index (χ1v) is 4.04. The highest BCUT2D eigenvalue weighted by Crippen LogP contribution is 2.20. The number of rotatable bonds is 0. The van der Waals surface area contributed by atoms with Crippen LogP contribution in [0.2, 0.25) is 0 Å². The molecule has 0 aliphatic carbocycles.